The molecular weight excluding hydrogens is 287 g/mol. The lowest BCUT2D eigenvalue weighted by Crippen LogP contribution is -2.02. The number of halogens is 2. The molecule has 88 valence electrons. The third-order valence-electron chi connectivity index (χ3n) is 2.20. The van der Waals surface area contributed by atoms with Crippen molar-refractivity contribution in [3.05, 3.63) is 52.5 Å². The molecule has 2 aromatic rings. The molecule has 1 heterocycles. The molecule has 0 spiro atoms. The van der Waals surface area contributed by atoms with Gasteiger partial charge in [-0.3, -0.25) is 4.98 Å². The normalized spacial score (nSPS) is 10.2. The zero-order valence-electron chi connectivity index (χ0n) is 8.82. The highest BCUT2D eigenvalue weighted by Gasteiger charge is 2.02. The standard InChI is InChI=1S/C12H10BrFN2O/c13-8-1-4-11(14)12(5-8)16-6-9-2-3-10(17)7-15-9/h1-5,7,16-17H,6H2. The minimum absolute atomic E-state index is 0.113. The van der Waals surface area contributed by atoms with E-state index in [-0.39, 0.29) is 11.6 Å². The summed E-state index contributed by atoms with van der Waals surface area (Å²) in [5.74, 6) is -0.200. The van der Waals surface area contributed by atoms with E-state index >= 15 is 0 Å². The fourth-order valence-electron chi connectivity index (χ4n) is 1.34. The Morgan fingerprint density at radius 3 is 2.82 bits per heavy atom. The van der Waals surface area contributed by atoms with Crippen LogP contribution in [0.2, 0.25) is 0 Å². The van der Waals surface area contributed by atoms with Gasteiger partial charge >= 0.3 is 0 Å². The van der Waals surface area contributed by atoms with Crippen LogP contribution in [0.1, 0.15) is 5.69 Å². The number of hydrogen-bond donors (Lipinski definition) is 2. The SMILES string of the molecule is Oc1ccc(CNc2cc(Br)ccc2F)nc1. The molecule has 2 N–H and O–H groups in total. The molecule has 0 aliphatic heterocycles. The predicted molar refractivity (Wildman–Crippen MR) is 67.3 cm³/mol. The van der Waals surface area contributed by atoms with E-state index in [2.05, 4.69) is 26.2 Å². The molecule has 0 atom stereocenters. The zero-order valence-corrected chi connectivity index (χ0v) is 10.4. The smallest absolute Gasteiger partial charge is 0.146 e. The summed E-state index contributed by atoms with van der Waals surface area (Å²) in [6.07, 6.45) is 1.36. The first-order valence-electron chi connectivity index (χ1n) is 4.98. The summed E-state index contributed by atoms with van der Waals surface area (Å²) in [5, 5.41) is 12.0. The van der Waals surface area contributed by atoms with Crippen molar-refractivity contribution >= 4 is 21.6 Å². The second-order valence-corrected chi connectivity index (χ2v) is 4.40. The average Bonchev–Trinajstić information content (AvgIpc) is 2.32. The van der Waals surface area contributed by atoms with Crippen LogP contribution < -0.4 is 5.32 Å². The van der Waals surface area contributed by atoms with Crippen molar-refractivity contribution in [3.8, 4) is 5.75 Å². The maximum absolute atomic E-state index is 13.4. The molecule has 2 rings (SSSR count). The van der Waals surface area contributed by atoms with Crippen molar-refractivity contribution < 1.29 is 9.50 Å². The summed E-state index contributed by atoms with van der Waals surface area (Å²) in [7, 11) is 0. The Bertz CT molecular complexity index is 516. The highest BCUT2D eigenvalue weighted by molar-refractivity contribution is 9.10. The van der Waals surface area contributed by atoms with E-state index in [9.17, 15) is 4.39 Å². The van der Waals surface area contributed by atoms with Gasteiger partial charge in [0.2, 0.25) is 0 Å². The maximum atomic E-state index is 13.4. The van der Waals surface area contributed by atoms with Gasteiger partial charge in [-0.25, -0.2) is 4.39 Å². The number of aromatic hydroxyl groups is 1. The molecule has 5 heteroatoms. The fraction of sp³-hybridized carbons (Fsp3) is 0.0833. The number of nitrogens with zero attached hydrogens (tertiary/aromatic N) is 1. The Morgan fingerprint density at radius 2 is 2.12 bits per heavy atom. The third kappa shape index (κ3) is 3.17. The zero-order chi connectivity index (χ0) is 12.3. The van der Waals surface area contributed by atoms with Crippen LogP contribution in [-0.4, -0.2) is 10.1 Å². The molecule has 0 saturated carbocycles. The quantitative estimate of drug-likeness (QED) is 0.913. The van der Waals surface area contributed by atoms with Gasteiger partial charge in [0, 0.05) is 4.47 Å². The minimum atomic E-state index is -0.313. The minimum Gasteiger partial charge on any atom is -0.506 e. The second-order valence-electron chi connectivity index (χ2n) is 3.49. The van der Waals surface area contributed by atoms with E-state index in [0.29, 0.717) is 12.2 Å². The number of nitrogens with one attached hydrogen (secondary N) is 1. The fourth-order valence-corrected chi connectivity index (χ4v) is 1.70. The van der Waals surface area contributed by atoms with Crippen molar-refractivity contribution in [2.45, 2.75) is 6.54 Å². The van der Waals surface area contributed by atoms with Gasteiger partial charge < -0.3 is 10.4 Å². The summed E-state index contributed by atoms with van der Waals surface area (Å²) in [4.78, 5) is 4.00. The van der Waals surface area contributed by atoms with Gasteiger partial charge in [0.05, 0.1) is 24.1 Å². The Balaban J connectivity index is 2.07. The Morgan fingerprint density at radius 1 is 1.29 bits per heavy atom. The number of rotatable bonds is 3. The Hall–Kier alpha value is -1.62. The summed E-state index contributed by atoms with van der Waals surface area (Å²) in [6, 6.07) is 7.91. The van der Waals surface area contributed by atoms with E-state index < -0.39 is 0 Å². The van der Waals surface area contributed by atoms with Crippen LogP contribution in [0.3, 0.4) is 0 Å². The molecule has 0 saturated heterocycles. The van der Waals surface area contributed by atoms with Crippen LogP contribution in [0.4, 0.5) is 10.1 Å². The molecule has 0 radical (unpaired) electrons. The van der Waals surface area contributed by atoms with E-state index in [0.717, 1.165) is 10.2 Å². The van der Waals surface area contributed by atoms with Crippen LogP contribution in [0.5, 0.6) is 5.75 Å². The molecule has 17 heavy (non-hydrogen) atoms. The molecule has 0 unspecified atom stereocenters. The van der Waals surface area contributed by atoms with E-state index in [1.807, 2.05) is 0 Å². The molecule has 0 fully saturated rings. The molecule has 0 aliphatic carbocycles. The molecule has 1 aromatic heterocycles. The van der Waals surface area contributed by atoms with Gasteiger partial charge in [-0.2, -0.15) is 0 Å². The summed E-state index contributed by atoms with van der Waals surface area (Å²) >= 11 is 3.28. The number of pyridine rings is 1. The lowest BCUT2D eigenvalue weighted by molar-refractivity contribution is 0.472. The van der Waals surface area contributed by atoms with Crippen molar-refractivity contribution in [2.75, 3.05) is 5.32 Å². The Kier molecular flexibility index (Phi) is 3.58. The number of benzene rings is 1. The summed E-state index contributed by atoms with van der Waals surface area (Å²) < 4.78 is 14.2. The monoisotopic (exact) mass is 296 g/mol. The second kappa shape index (κ2) is 5.14. The first kappa shape index (κ1) is 11.9. The first-order chi connectivity index (χ1) is 8.15. The third-order valence-corrected chi connectivity index (χ3v) is 2.69. The Labute approximate surface area is 106 Å². The highest BCUT2D eigenvalue weighted by Crippen LogP contribution is 2.20. The van der Waals surface area contributed by atoms with E-state index in [1.165, 1.54) is 12.3 Å². The van der Waals surface area contributed by atoms with E-state index in [4.69, 9.17) is 5.11 Å². The van der Waals surface area contributed by atoms with Crippen LogP contribution in [0, 0.1) is 5.82 Å². The van der Waals surface area contributed by atoms with Crippen molar-refractivity contribution in [3.63, 3.8) is 0 Å². The largest absolute Gasteiger partial charge is 0.506 e. The van der Waals surface area contributed by atoms with Crippen LogP contribution in [0.15, 0.2) is 41.0 Å². The maximum Gasteiger partial charge on any atom is 0.146 e. The average molecular weight is 297 g/mol. The van der Waals surface area contributed by atoms with Crippen LogP contribution in [-0.2, 0) is 6.54 Å². The highest BCUT2D eigenvalue weighted by atomic mass is 79.9. The molecule has 3 nitrogen and oxygen atoms in total. The van der Waals surface area contributed by atoms with E-state index in [1.54, 1.807) is 24.3 Å². The molecule has 0 bridgehead atoms. The molecule has 1 aromatic carbocycles. The van der Waals surface area contributed by atoms with Crippen molar-refractivity contribution in [1.29, 1.82) is 0 Å². The van der Waals surface area contributed by atoms with Gasteiger partial charge in [0.1, 0.15) is 11.6 Å². The number of aromatic nitrogens is 1. The van der Waals surface area contributed by atoms with Crippen molar-refractivity contribution in [1.82, 2.24) is 4.98 Å². The predicted octanol–water partition coefficient (Wildman–Crippen LogP) is 3.30. The summed E-state index contributed by atoms with van der Waals surface area (Å²) in [5.41, 5.74) is 1.14. The van der Waals surface area contributed by atoms with Crippen molar-refractivity contribution in [2.24, 2.45) is 0 Å². The van der Waals surface area contributed by atoms with Gasteiger partial charge in [-0.15, -0.1) is 0 Å². The molecule has 0 aliphatic rings. The van der Waals surface area contributed by atoms with Gasteiger partial charge in [0.15, 0.2) is 0 Å². The van der Waals surface area contributed by atoms with Crippen LogP contribution in [0.25, 0.3) is 0 Å². The first-order valence-corrected chi connectivity index (χ1v) is 5.77. The summed E-state index contributed by atoms with van der Waals surface area (Å²) in [6.45, 7) is 0.396. The lowest BCUT2D eigenvalue weighted by atomic mass is 10.3. The number of hydrogen-bond acceptors (Lipinski definition) is 3. The molecular formula is C12H10BrFN2O. The van der Waals surface area contributed by atoms with Crippen LogP contribution >= 0.6 is 15.9 Å². The van der Waals surface area contributed by atoms with Gasteiger partial charge in [-0.05, 0) is 30.3 Å². The number of anilines is 1. The topological polar surface area (TPSA) is 45.1 Å². The van der Waals surface area contributed by atoms with Gasteiger partial charge in [-0.1, -0.05) is 15.9 Å². The molecule has 0 amide bonds. The van der Waals surface area contributed by atoms with Gasteiger partial charge in [0.25, 0.3) is 0 Å². The lowest BCUT2D eigenvalue weighted by Gasteiger charge is -2.07.